The SMILES string of the molecule is COc1cccc2c1C(=O)c1c(O)c3c(c(O)c1C2=O)C[C@@](O)(C(=O)CO)CC3OC1CC(NC(=O)CCCCNC(=O)[C@H](CO)NC(=O)[C@H](C)NC(=O)[C@@H]2C[C@@H](O)CN2C(=O)CCCC(=O)O)C(O)C(C)O1. The van der Waals surface area contributed by atoms with E-state index in [1.165, 1.54) is 39.2 Å². The van der Waals surface area contributed by atoms with E-state index in [2.05, 4.69) is 21.3 Å². The van der Waals surface area contributed by atoms with E-state index in [1.807, 2.05) is 0 Å². The van der Waals surface area contributed by atoms with E-state index < -0.39 is 162 Å². The largest absolute Gasteiger partial charge is 0.507 e. The van der Waals surface area contributed by atoms with E-state index in [-0.39, 0.29) is 92.5 Å². The lowest BCUT2D eigenvalue weighted by Crippen LogP contribution is -2.56. The van der Waals surface area contributed by atoms with E-state index in [4.69, 9.17) is 19.3 Å². The van der Waals surface area contributed by atoms with Crippen LogP contribution in [0.4, 0.5) is 0 Å². The Labute approximate surface area is 417 Å². The number of amides is 5. The molecule has 5 unspecified atom stereocenters. The van der Waals surface area contributed by atoms with Gasteiger partial charge in [-0.2, -0.15) is 0 Å². The highest BCUT2D eigenvalue weighted by atomic mass is 16.7. The van der Waals surface area contributed by atoms with Crippen molar-refractivity contribution in [1.29, 1.82) is 0 Å². The average Bonchev–Trinajstić information content (AvgIpc) is 3.75. The average molecular weight is 1030 g/mol. The number of β-amino-alcohol motifs (C(OH)–C–C–N with tert-alkyl or cyclic N) is 1. The van der Waals surface area contributed by atoms with Crippen LogP contribution in [0.5, 0.6) is 17.2 Å². The second-order valence-corrected chi connectivity index (χ2v) is 18.6. The summed E-state index contributed by atoms with van der Waals surface area (Å²) in [5.74, 6) is -8.92. The highest BCUT2D eigenvalue weighted by molar-refractivity contribution is 6.31. The van der Waals surface area contributed by atoms with Gasteiger partial charge in [0.2, 0.25) is 35.3 Å². The Kier molecular flexibility index (Phi) is 17.9. The number of aliphatic carboxylic acids is 1. The number of methoxy groups -OCH3 is 1. The van der Waals surface area contributed by atoms with Crippen molar-refractivity contribution in [3.05, 3.63) is 51.6 Å². The molecule has 398 valence electrons. The number of nitrogens with one attached hydrogen (secondary N) is 4. The third-order valence-electron chi connectivity index (χ3n) is 13.5. The number of fused-ring (bicyclic) bond motifs is 3. The van der Waals surface area contributed by atoms with Gasteiger partial charge in [-0.15, -0.1) is 0 Å². The molecule has 73 heavy (non-hydrogen) atoms. The molecular formula is C48H61N5O20. The maximum Gasteiger partial charge on any atom is 0.303 e. The number of nitrogens with zero attached hydrogens (tertiary/aromatic N) is 1. The van der Waals surface area contributed by atoms with Gasteiger partial charge in [-0.3, -0.25) is 43.2 Å². The van der Waals surface area contributed by atoms with Crippen LogP contribution in [0.1, 0.15) is 121 Å². The van der Waals surface area contributed by atoms with Gasteiger partial charge in [-0.25, -0.2) is 0 Å². The molecular weight excluding hydrogens is 967 g/mol. The fourth-order valence-electron chi connectivity index (χ4n) is 9.62. The predicted octanol–water partition coefficient (Wildman–Crippen LogP) is -2.36. The lowest BCUT2D eigenvalue weighted by Gasteiger charge is -2.43. The molecule has 2 saturated heterocycles. The molecule has 6 rings (SSSR count). The molecule has 2 fully saturated rings. The van der Waals surface area contributed by atoms with Crippen molar-refractivity contribution in [3.8, 4) is 17.2 Å². The van der Waals surface area contributed by atoms with Crippen LogP contribution in [0.25, 0.3) is 0 Å². The molecule has 2 aromatic rings. The number of rotatable bonds is 21. The third-order valence-corrected chi connectivity index (χ3v) is 13.5. The van der Waals surface area contributed by atoms with Gasteiger partial charge < -0.3 is 81.2 Å². The summed E-state index contributed by atoms with van der Waals surface area (Å²) < 4.78 is 17.4. The van der Waals surface area contributed by atoms with E-state index in [0.717, 1.165) is 4.90 Å². The number of phenolic OH excluding ortho intramolecular Hbond substituents is 2. The van der Waals surface area contributed by atoms with Gasteiger partial charge in [-0.1, -0.05) is 12.1 Å². The molecule has 0 aromatic heterocycles. The molecule has 2 aliphatic heterocycles. The minimum Gasteiger partial charge on any atom is -0.507 e. The van der Waals surface area contributed by atoms with E-state index in [1.54, 1.807) is 0 Å². The maximum atomic E-state index is 14.0. The Bertz CT molecular complexity index is 2520. The van der Waals surface area contributed by atoms with E-state index >= 15 is 0 Å². The normalized spacial score (nSPS) is 25.0. The Morgan fingerprint density at radius 3 is 2.29 bits per heavy atom. The molecule has 0 spiro atoms. The summed E-state index contributed by atoms with van der Waals surface area (Å²) in [7, 11) is 1.28. The summed E-state index contributed by atoms with van der Waals surface area (Å²) >= 11 is 0. The first-order chi connectivity index (χ1) is 34.5. The molecule has 2 heterocycles. The lowest BCUT2D eigenvalue weighted by atomic mass is 9.72. The van der Waals surface area contributed by atoms with Gasteiger partial charge in [0.05, 0.1) is 54.8 Å². The van der Waals surface area contributed by atoms with Crippen molar-refractivity contribution < 1.29 is 98.2 Å². The van der Waals surface area contributed by atoms with Crippen LogP contribution in [0, 0.1) is 0 Å². The molecule has 0 saturated carbocycles. The summed E-state index contributed by atoms with van der Waals surface area (Å²) in [5.41, 5.74) is -4.41. The lowest BCUT2D eigenvalue weighted by molar-refractivity contribution is -0.249. The molecule has 2 aliphatic carbocycles. The molecule has 12 N–H and O–H groups in total. The number of benzene rings is 2. The zero-order valence-corrected chi connectivity index (χ0v) is 40.3. The van der Waals surface area contributed by atoms with E-state index in [0.29, 0.717) is 0 Å². The molecule has 5 amide bonds. The number of carboxylic acids is 1. The van der Waals surface area contributed by atoms with Crippen LogP contribution in [0.15, 0.2) is 18.2 Å². The molecule has 2 aromatic carbocycles. The minimum absolute atomic E-state index is 0.00261. The number of carbonyl (C=O) groups excluding carboxylic acids is 8. The summed E-state index contributed by atoms with van der Waals surface area (Å²) in [6.45, 7) is 0.668. The van der Waals surface area contributed by atoms with Crippen LogP contribution in [0.2, 0.25) is 0 Å². The number of likely N-dealkylation sites (tertiary alicyclic amines) is 1. The van der Waals surface area contributed by atoms with Crippen LogP contribution in [-0.2, 0) is 49.5 Å². The number of hydrogen-bond acceptors (Lipinski definition) is 19. The van der Waals surface area contributed by atoms with Gasteiger partial charge >= 0.3 is 5.97 Å². The highest BCUT2D eigenvalue weighted by Crippen LogP contribution is 2.52. The number of aliphatic hydroxyl groups excluding tert-OH is 4. The van der Waals surface area contributed by atoms with Gasteiger partial charge in [0, 0.05) is 74.7 Å². The van der Waals surface area contributed by atoms with Gasteiger partial charge in [0.15, 0.2) is 17.9 Å². The van der Waals surface area contributed by atoms with Crippen LogP contribution in [0.3, 0.4) is 0 Å². The number of Topliss-reactive ketones (excluding diaryl/α,β-unsaturated/α-hetero) is 1. The summed E-state index contributed by atoms with van der Waals surface area (Å²) in [6, 6.07) is -0.618. The fourth-order valence-corrected chi connectivity index (χ4v) is 9.62. The second-order valence-electron chi connectivity index (χ2n) is 18.6. The van der Waals surface area contributed by atoms with Crippen LogP contribution in [-0.4, -0.2) is 186 Å². The zero-order chi connectivity index (χ0) is 53.6. The predicted molar refractivity (Wildman–Crippen MR) is 247 cm³/mol. The number of aromatic hydroxyl groups is 2. The summed E-state index contributed by atoms with van der Waals surface area (Å²) in [5, 5.41) is 94.8. The number of carboxylic acid groups (broad SMARTS) is 1. The number of phenols is 2. The number of carbonyl (C=O) groups is 9. The third kappa shape index (κ3) is 12.1. The molecule has 0 radical (unpaired) electrons. The summed E-state index contributed by atoms with van der Waals surface area (Å²) in [6.07, 6.45) is -7.92. The fraction of sp³-hybridized carbons (Fsp3) is 0.562. The molecule has 4 aliphatic rings. The van der Waals surface area contributed by atoms with Crippen molar-refractivity contribution in [2.75, 3.05) is 33.4 Å². The summed E-state index contributed by atoms with van der Waals surface area (Å²) in [4.78, 5) is 117. The molecule has 10 atom stereocenters. The highest BCUT2D eigenvalue weighted by Gasteiger charge is 2.50. The number of aliphatic hydroxyl groups is 5. The maximum absolute atomic E-state index is 14.0. The van der Waals surface area contributed by atoms with Crippen LogP contribution >= 0.6 is 0 Å². The van der Waals surface area contributed by atoms with Crippen molar-refractivity contribution in [2.45, 2.75) is 139 Å². The Hall–Kier alpha value is -6.61. The Balaban J connectivity index is 1.02. The molecule has 25 nitrogen and oxygen atoms in total. The quantitative estimate of drug-likeness (QED) is 0.0392. The topological polar surface area (TPSA) is 395 Å². The van der Waals surface area contributed by atoms with Crippen molar-refractivity contribution in [2.24, 2.45) is 0 Å². The minimum atomic E-state index is -2.41. The number of hydrogen-bond donors (Lipinski definition) is 12. The van der Waals surface area contributed by atoms with Crippen molar-refractivity contribution in [1.82, 2.24) is 26.2 Å². The smallest absolute Gasteiger partial charge is 0.303 e. The number of unbranched alkanes of at least 4 members (excludes halogenated alkanes) is 1. The van der Waals surface area contributed by atoms with E-state index in [9.17, 15) is 78.9 Å². The second kappa shape index (κ2) is 23.5. The van der Waals surface area contributed by atoms with Gasteiger partial charge in [-0.05, 0) is 39.2 Å². The Morgan fingerprint density at radius 1 is 0.904 bits per heavy atom. The molecule has 0 bridgehead atoms. The number of ether oxygens (including phenoxy) is 3. The van der Waals surface area contributed by atoms with Crippen molar-refractivity contribution in [3.63, 3.8) is 0 Å². The van der Waals surface area contributed by atoms with Crippen LogP contribution < -0.4 is 26.0 Å². The monoisotopic (exact) mass is 1030 g/mol. The first-order valence-electron chi connectivity index (χ1n) is 23.8. The number of ketones is 3. The van der Waals surface area contributed by atoms with Gasteiger partial charge in [0.1, 0.15) is 53.7 Å². The standard InChI is InChI=1S/C48H61N5O20/c1-21(50-47(69)28-14-23(56)18-53(28)33(59)11-7-12-34(60)61)45(67)52-27(19-54)46(68)49-13-5-4-10-32(58)51-26-15-35(72-22(2)40(26)62)73-30-17-48(70,31(57)20-55)16-25-37(30)44(66)39-38(42(25)64)41(63)24-8-6-9-29(71-3)36(24)43(39)65/h6,8-9,21-23,26-28,30,35,40,54-56,62,64,66,70H,4-5,7,10-20H2,1-3H3,(H,49,68)(H,50,69)(H,51,58)(H,52,67)(H,60,61)/t21-,22?,23+,26?,27-,28-,30?,35?,40?,48-/m0/s1. The molecule has 25 heteroatoms. The van der Waals surface area contributed by atoms with Crippen molar-refractivity contribution >= 4 is 52.9 Å². The zero-order valence-electron chi connectivity index (χ0n) is 40.3. The first-order valence-corrected chi connectivity index (χ1v) is 23.8. The Morgan fingerprint density at radius 2 is 1.62 bits per heavy atom. The van der Waals surface area contributed by atoms with Gasteiger partial charge in [0.25, 0.3) is 0 Å². The first kappa shape index (κ1) is 55.7.